The zero-order chi connectivity index (χ0) is 9.40. The van der Waals surface area contributed by atoms with Crippen LogP contribution in [0.2, 0.25) is 0 Å². The van der Waals surface area contributed by atoms with Gasteiger partial charge in [0.25, 0.3) is 0 Å². The summed E-state index contributed by atoms with van der Waals surface area (Å²) >= 11 is 0. The van der Waals surface area contributed by atoms with Crippen LogP contribution in [0.3, 0.4) is 0 Å². The van der Waals surface area contributed by atoms with E-state index in [0.29, 0.717) is 0 Å². The summed E-state index contributed by atoms with van der Waals surface area (Å²) in [5, 5.41) is 0. The first kappa shape index (κ1) is 12.0. The number of hydrogen-bond donors (Lipinski definition) is 0. The maximum atomic E-state index is 2.41. The van der Waals surface area contributed by atoms with Crippen LogP contribution in [0.5, 0.6) is 0 Å². The van der Waals surface area contributed by atoms with E-state index in [2.05, 4.69) is 27.7 Å². The third-order valence-electron chi connectivity index (χ3n) is 2.81. The van der Waals surface area contributed by atoms with E-state index < -0.39 is 0 Å². The molecular weight excluding hydrogens is 144 g/mol. The van der Waals surface area contributed by atoms with E-state index in [9.17, 15) is 0 Å². The molecule has 12 heavy (non-hydrogen) atoms. The summed E-state index contributed by atoms with van der Waals surface area (Å²) in [5.41, 5.74) is 0. The fourth-order valence-corrected chi connectivity index (χ4v) is 2.00. The highest BCUT2D eigenvalue weighted by molar-refractivity contribution is 4.70. The standard InChI is InChI=1S/C9H18.C3H8/c1-3-9-7-5-4-6-8(9)2;1-3-2/h8-9H,3-7H2,1-2H3;3H2,1-2H3. The predicted molar refractivity (Wildman–Crippen MR) is 57.4 cm³/mol. The van der Waals surface area contributed by atoms with Gasteiger partial charge in [-0.15, -0.1) is 0 Å². The molecule has 1 saturated carbocycles. The van der Waals surface area contributed by atoms with Crippen LogP contribution in [0.25, 0.3) is 0 Å². The summed E-state index contributed by atoms with van der Waals surface area (Å²) < 4.78 is 0. The molecule has 1 aliphatic carbocycles. The highest BCUT2D eigenvalue weighted by atomic mass is 14.2. The Kier molecular flexibility index (Phi) is 7.64. The van der Waals surface area contributed by atoms with Gasteiger partial charge in [-0.2, -0.15) is 0 Å². The summed E-state index contributed by atoms with van der Waals surface area (Å²) in [5.74, 6) is 2.07. The molecule has 0 spiro atoms. The average molecular weight is 170 g/mol. The third-order valence-corrected chi connectivity index (χ3v) is 2.81. The van der Waals surface area contributed by atoms with Gasteiger partial charge >= 0.3 is 0 Å². The van der Waals surface area contributed by atoms with Crippen molar-refractivity contribution >= 4 is 0 Å². The zero-order valence-corrected chi connectivity index (χ0v) is 9.40. The maximum Gasteiger partial charge on any atom is -0.0391 e. The van der Waals surface area contributed by atoms with Gasteiger partial charge in [0.05, 0.1) is 0 Å². The number of hydrogen-bond acceptors (Lipinski definition) is 0. The van der Waals surface area contributed by atoms with Crippen molar-refractivity contribution < 1.29 is 0 Å². The smallest absolute Gasteiger partial charge is 0.0391 e. The molecule has 0 heteroatoms. The van der Waals surface area contributed by atoms with Gasteiger partial charge in [0, 0.05) is 0 Å². The molecule has 0 saturated heterocycles. The van der Waals surface area contributed by atoms with Crippen molar-refractivity contribution in [3.63, 3.8) is 0 Å². The first-order valence-electron chi connectivity index (χ1n) is 5.76. The monoisotopic (exact) mass is 170 g/mol. The Bertz CT molecular complexity index is 86.0. The lowest BCUT2D eigenvalue weighted by molar-refractivity contribution is 0.249. The van der Waals surface area contributed by atoms with Crippen molar-refractivity contribution in [2.45, 2.75) is 66.2 Å². The van der Waals surface area contributed by atoms with E-state index in [1.54, 1.807) is 0 Å². The fourth-order valence-electron chi connectivity index (χ4n) is 2.00. The molecule has 1 fully saturated rings. The minimum absolute atomic E-state index is 1.02. The van der Waals surface area contributed by atoms with Crippen LogP contribution in [0.15, 0.2) is 0 Å². The Balaban J connectivity index is 0.000000354. The molecule has 0 amide bonds. The lowest BCUT2D eigenvalue weighted by Gasteiger charge is -2.27. The summed E-state index contributed by atoms with van der Waals surface area (Å²) in [6.45, 7) is 8.99. The van der Waals surface area contributed by atoms with E-state index in [1.165, 1.54) is 38.5 Å². The predicted octanol–water partition coefficient (Wildman–Crippen LogP) is 4.64. The normalized spacial score (nSPS) is 29.0. The van der Waals surface area contributed by atoms with Crippen molar-refractivity contribution in [3.05, 3.63) is 0 Å². The highest BCUT2D eigenvalue weighted by Crippen LogP contribution is 2.31. The van der Waals surface area contributed by atoms with Crippen LogP contribution < -0.4 is 0 Å². The summed E-state index contributed by atoms with van der Waals surface area (Å²) in [7, 11) is 0. The Morgan fingerprint density at radius 1 is 1.00 bits per heavy atom. The van der Waals surface area contributed by atoms with E-state index >= 15 is 0 Å². The van der Waals surface area contributed by atoms with Crippen LogP contribution in [0, 0.1) is 11.8 Å². The van der Waals surface area contributed by atoms with Gasteiger partial charge in [0.15, 0.2) is 0 Å². The SMILES string of the molecule is CCC.CCC1CCCCC1C. The first-order chi connectivity index (χ1) is 5.76. The lowest BCUT2D eigenvalue weighted by Crippen LogP contribution is -2.15. The Morgan fingerprint density at radius 3 is 1.83 bits per heavy atom. The second-order valence-corrected chi connectivity index (χ2v) is 4.14. The fraction of sp³-hybridized carbons (Fsp3) is 1.00. The highest BCUT2D eigenvalue weighted by Gasteiger charge is 2.18. The van der Waals surface area contributed by atoms with E-state index in [4.69, 9.17) is 0 Å². The van der Waals surface area contributed by atoms with Crippen LogP contribution in [-0.4, -0.2) is 0 Å². The van der Waals surface area contributed by atoms with Gasteiger partial charge in [-0.05, 0) is 11.8 Å². The minimum atomic E-state index is 1.02. The Hall–Kier alpha value is 0. The molecular formula is C12H26. The van der Waals surface area contributed by atoms with E-state index in [0.717, 1.165) is 11.8 Å². The molecule has 2 atom stereocenters. The molecule has 0 aromatic carbocycles. The molecule has 0 aromatic heterocycles. The van der Waals surface area contributed by atoms with Crippen molar-refractivity contribution in [2.24, 2.45) is 11.8 Å². The number of rotatable bonds is 1. The van der Waals surface area contributed by atoms with E-state index in [1.807, 2.05) is 0 Å². The van der Waals surface area contributed by atoms with Gasteiger partial charge in [0.1, 0.15) is 0 Å². The molecule has 74 valence electrons. The summed E-state index contributed by atoms with van der Waals surface area (Å²) in [6.07, 6.45) is 8.61. The second-order valence-electron chi connectivity index (χ2n) is 4.14. The van der Waals surface area contributed by atoms with Crippen molar-refractivity contribution in [2.75, 3.05) is 0 Å². The van der Waals surface area contributed by atoms with E-state index in [-0.39, 0.29) is 0 Å². The van der Waals surface area contributed by atoms with Crippen molar-refractivity contribution in [3.8, 4) is 0 Å². The zero-order valence-electron chi connectivity index (χ0n) is 9.40. The van der Waals surface area contributed by atoms with Crippen molar-refractivity contribution in [1.29, 1.82) is 0 Å². The van der Waals surface area contributed by atoms with Gasteiger partial charge in [0.2, 0.25) is 0 Å². The quantitative estimate of drug-likeness (QED) is 0.538. The molecule has 0 radical (unpaired) electrons. The largest absolute Gasteiger partial charge is 0.0656 e. The second kappa shape index (κ2) is 7.64. The van der Waals surface area contributed by atoms with Gasteiger partial charge in [-0.25, -0.2) is 0 Å². The molecule has 1 aliphatic rings. The molecule has 0 aromatic rings. The summed E-state index contributed by atoms with van der Waals surface area (Å²) in [6, 6.07) is 0. The maximum absolute atomic E-state index is 2.41. The third kappa shape index (κ3) is 4.79. The van der Waals surface area contributed by atoms with Crippen molar-refractivity contribution in [1.82, 2.24) is 0 Å². The molecule has 0 nitrogen and oxygen atoms in total. The molecule has 0 aliphatic heterocycles. The minimum Gasteiger partial charge on any atom is -0.0656 e. The molecule has 0 bridgehead atoms. The van der Waals surface area contributed by atoms with Crippen LogP contribution >= 0.6 is 0 Å². The Labute approximate surface area is 78.8 Å². The average Bonchev–Trinajstić information content (AvgIpc) is 2.07. The van der Waals surface area contributed by atoms with Gasteiger partial charge in [-0.1, -0.05) is 66.2 Å². The van der Waals surface area contributed by atoms with Crippen LogP contribution in [-0.2, 0) is 0 Å². The first-order valence-corrected chi connectivity index (χ1v) is 5.76. The van der Waals surface area contributed by atoms with Crippen LogP contribution in [0.1, 0.15) is 66.2 Å². The molecule has 0 heterocycles. The topological polar surface area (TPSA) is 0 Å². The van der Waals surface area contributed by atoms with Gasteiger partial charge < -0.3 is 0 Å². The summed E-state index contributed by atoms with van der Waals surface area (Å²) in [4.78, 5) is 0. The molecule has 2 unspecified atom stereocenters. The van der Waals surface area contributed by atoms with Crippen LogP contribution in [0.4, 0.5) is 0 Å². The Morgan fingerprint density at radius 2 is 1.50 bits per heavy atom. The molecule has 1 rings (SSSR count). The van der Waals surface area contributed by atoms with Gasteiger partial charge in [-0.3, -0.25) is 0 Å². The lowest BCUT2D eigenvalue weighted by atomic mass is 9.79. The molecule has 0 N–H and O–H groups in total.